The van der Waals surface area contributed by atoms with Crippen LogP contribution in [0.25, 0.3) is 10.1 Å². The first-order chi connectivity index (χ1) is 6.76. The summed E-state index contributed by atoms with van der Waals surface area (Å²) in [5.41, 5.74) is 0. The first-order valence-electron chi connectivity index (χ1n) is 4.15. The van der Waals surface area contributed by atoms with Gasteiger partial charge in [0.15, 0.2) is 0 Å². The Morgan fingerprint density at radius 1 is 1.43 bits per heavy atom. The Kier molecular flexibility index (Phi) is 2.31. The fourth-order valence-corrected chi connectivity index (χ4v) is 2.33. The standard InChI is InChI=1S/C10H10O3S/c1-13-6-2-3-7-8(4-6)14-9(5-11)10(7)12/h2-4,11-12H,5H2,1H3. The normalized spacial score (nSPS) is 10.7. The molecule has 2 aromatic rings. The van der Waals surface area contributed by atoms with Crippen LogP contribution in [0, 0.1) is 0 Å². The predicted molar refractivity (Wildman–Crippen MR) is 56.0 cm³/mol. The van der Waals surface area contributed by atoms with Crippen molar-refractivity contribution in [3.05, 3.63) is 23.1 Å². The van der Waals surface area contributed by atoms with Crippen molar-refractivity contribution in [3.8, 4) is 11.5 Å². The van der Waals surface area contributed by atoms with Gasteiger partial charge in [-0.05, 0) is 18.2 Å². The molecule has 0 amide bonds. The molecule has 1 heterocycles. The summed E-state index contributed by atoms with van der Waals surface area (Å²) in [5, 5.41) is 19.4. The van der Waals surface area contributed by atoms with E-state index in [1.165, 1.54) is 11.3 Å². The average Bonchev–Trinajstić information content (AvgIpc) is 2.55. The number of aliphatic hydroxyl groups excluding tert-OH is 1. The molecular formula is C10H10O3S. The molecule has 0 aliphatic rings. The van der Waals surface area contributed by atoms with Crippen molar-refractivity contribution >= 4 is 21.4 Å². The maximum absolute atomic E-state index is 9.66. The summed E-state index contributed by atoms with van der Waals surface area (Å²) in [4.78, 5) is 0.591. The fraction of sp³-hybridized carbons (Fsp3) is 0.200. The number of fused-ring (bicyclic) bond motifs is 1. The molecule has 0 unspecified atom stereocenters. The number of thiophene rings is 1. The monoisotopic (exact) mass is 210 g/mol. The minimum absolute atomic E-state index is 0.131. The second kappa shape index (κ2) is 3.48. The molecule has 0 fully saturated rings. The molecule has 74 valence electrons. The summed E-state index contributed by atoms with van der Waals surface area (Å²) in [6.45, 7) is -0.131. The first-order valence-corrected chi connectivity index (χ1v) is 4.97. The van der Waals surface area contributed by atoms with E-state index in [0.29, 0.717) is 4.88 Å². The van der Waals surface area contributed by atoms with E-state index < -0.39 is 0 Å². The Morgan fingerprint density at radius 3 is 2.86 bits per heavy atom. The number of rotatable bonds is 2. The van der Waals surface area contributed by atoms with E-state index in [-0.39, 0.29) is 12.4 Å². The smallest absolute Gasteiger partial charge is 0.139 e. The third-order valence-corrected chi connectivity index (χ3v) is 3.21. The molecule has 1 aromatic carbocycles. The topological polar surface area (TPSA) is 49.7 Å². The van der Waals surface area contributed by atoms with E-state index in [1.807, 2.05) is 6.07 Å². The molecule has 4 heteroatoms. The van der Waals surface area contributed by atoms with Gasteiger partial charge in [0.25, 0.3) is 0 Å². The van der Waals surface area contributed by atoms with Gasteiger partial charge in [-0.3, -0.25) is 0 Å². The van der Waals surface area contributed by atoms with Gasteiger partial charge in [-0.2, -0.15) is 0 Å². The lowest BCUT2D eigenvalue weighted by Crippen LogP contribution is -1.79. The Hall–Kier alpha value is -1.26. The number of hydrogen-bond donors (Lipinski definition) is 2. The molecule has 0 radical (unpaired) electrons. The number of aromatic hydroxyl groups is 1. The number of methoxy groups -OCH3 is 1. The van der Waals surface area contributed by atoms with Gasteiger partial charge in [0.05, 0.1) is 18.6 Å². The van der Waals surface area contributed by atoms with Crippen LogP contribution in [-0.4, -0.2) is 17.3 Å². The first kappa shape index (κ1) is 9.30. The Balaban J connectivity index is 2.66. The second-order valence-electron chi connectivity index (χ2n) is 2.89. The zero-order valence-corrected chi connectivity index (χ0v) is 8.47. The fourth-order valence-electron chi connectivity index (χ4n) is 1.35. The van der Waals surface area contributed by atoms with E-state index in [9.17, 15) is 5.11 Å². The summed E-state index contributed by atoms with van der Waals surface area (Å²) in [6.07, 6.45) is 0. The van der Waals surface area contributed by atoms with Crippen molar-refractivity contribution in [1.82, 2.24) is 0 Å². The summed E-state index contributed by atoms with van der Waals surface area (Å²) in [5.74, 6) is 0.929. The summed E-state index contributed by atoms with van der Waals surface area (Å²) < 4.78 is 5.99. The lowest BCUT2D eigenvalue weighted by Gasteiger charge is -1.97. The second-order valence-corrected chi connectivity index (χ2v) is 4.03. The lowest BCUT2D eigenvalue weighted by atomic mass is 10.2. The largest absolute Gasteiger partial charge is 0.506 e. The molecule has 0 atom stereocenters. The maximum atomic E-state index is 9.66. The van der Waals surface area contributed by atoms with Crippen LogP contribution in [0.1, 0.15) is 4.88 Å². The SMILES string of the molecule is COc1ccc2c(O)c(CO)sc2c1. The number of aliphatic hydroxyl groups is 1. The molecule has 14 heavy (non-hydrogen) atoms. The molecular weight excluding hydrogens is 200 g/mol. The third-order valence-electron chi connectivity index (χ3n) is 2.08. The number of ether oxygens (including phenoxy) is 1. The molecule has 0 aliphatic carbocycles. The molecule has 3 nitrogen and oxygen atoms in total. The Bertz CT molecular complexity index is 462. The van der Waals surface area contributed by atoms with Gasteiger partial charge in [-0.25, -0.2) is 0 Å². The quantitative estimate of drug-likeness (QED) is 0.798. The van der Waals surface area contributed by atoms with Gasteiger partial charge in [0.2, 0.25) is 0 Å². The lowest BCUT2D eigenvalue weighted by molar-refractivity contribution is 0.280. The molecule has 2 N–H and O–H groups in total. The van der Waals surface area contributed by atoms with E-state index in [0.717, 1.165) is 15.8 Å². The van der Waals surface area contributed by atoms with E-state index in [4.69, 9.17) is 9.84 Å². The van der Waals surface area contributed by atoms with Gasteiger partial charge in [0.1, 0.15) is 11.5 Å². The molecule has 0 bridgehead atoms. The van der Waals surface area contributed by atoms with Crippen LogP contribution in [0.4, 0.5) is 0 Å². The van der Waals surface area contributed by atoms with E-state index >= 15 is 0 Å². The van der Waals surface area contributed by atoms with Crippen molar-refractivity contribution in [2.24, 2.45) is 0 Å². The number of hydrogen-bond acceptors (Lipinski definition) is 4. The average molecular weight is 210 g/mol. The van der Waals surface area contributed by atoms with Crippen molar-refractivity contribution in [2.75, 3.05) is 7.11 Å². The predicted octanol–water partition coefficient (Wildman–Crippen LogP) is 2.11. The highest BCUT2D eigenvalue weighted by Crippen LogP contribution is 2.38. The highest BCUT2D eigenvalue weighted by atomic mass is 32.1. The van der Waals surface area contributed by atoms with Gasteiger partial charge in [0, 0.05) is 10.1 Å². The summed E-state index contributed by atoms with van der Waals surface area (Å²) >= 11 is 1.37. The third kappa shape index (κ3) is 1.32. The van der Waals surface area contributed by atoms with Crippen molar-refractivity contribution in [3.63, 3.8) is 0 Å². The minimum Gasteiger partial charge on any atom is -0.506 e. The molecule has 1 aromatic heterocycles. The molecule has 0 spiro atoms. The van der Waals surface area contributed by atoms with Crippen LogP contribution >= 0.6 is 11.3 Å². The maximum Gasteiger partial charge on any atom is 0.139 e. The molecule has 0 saturated heterocycles. The van der Waals surface area contributed by atoms with Crippen molar-refractivity contribution < 1.29 is 14.9 Å². The zero-order valence-electron chi connectivity index (χ0n) is 7.65. The van der Waals surface area contributed by atoms with Crippen molar-refractivity contribution in [1.29, 1.82) is 0 Å². The van der Waals surface area contributed by atoms with Crippen LogP contribution < -0.4 is 4.74 Å². The van der Waals surface area contributed by atoms with Crippen LogP contribution in [0.2, 0.25) is 0 Å². The van der Waals surface area contributed by atoms with Crippen LogP contribution in [-0.2, 0) is 6.61 Å². The highest BCUT2D eigenvalue weighted by Gasteiger charge is 2.10. The highest BCUT2D eigenvalue weighted by molar-refractivity contribution is 7.19. The van der Waals surface area contributed by atoms with Gasteiger partial charge in [-0.15, -0.1) is 11.3 Å². The zero-order chi connectivity index (χ0) is 10.1. The van der Waals surface area contributed by atoms with Crippen molar-refractivity contribution in [2.45, 2.75) is 6.61 Å². The number of benzene rings is 1. The Labute approximate surface area is 85.2 Å². The summed E-state index contributed by atoms with van der Waals surface area (Å²) in [7, 11) is 1.60. The Morgan fingerprint density at radius 2 is 2.21 bits per heavy atom. The van der Waals surface area contributed by atoms with Gasteiger partial charge in [-0.1, -0.05) is 0 Å². The van der Waals surface area contributed by atoms with Crippen LogP contribution in [0.3, 0.4) is 0 Å². The molecule has 0 saturated carbocycles. The van der Waals surface area contributed by atoms with Gasteiger partial charge < -0.3 is 14.9 Å². The van der Waals surface area contributed by atoms with Crippen LogP contribution in [0.15, 0.2) is 18.2 Å². The van der Waals surface area contributed by atoms with E-state index in [2.05, 4.69) is 0 Å². The molecule has 2 rings (SSSR count). The van der Waals surface area contributed by atoms with Crippen LogP contribution in [0.5, 0.6) is 11.5 Å². The van der Waals surface area contributed by atoms with E-state index in [1.54, 1.807) is 19.2 Å². The summed E-state index contributed by atoms with van der Waals surface area (Å²) in [6, 6.07) is 5.42. The minimum atomic E-state index is -0.131. The van der Waals surface area contributed by atoms with Gasteiger partial charge >= 0.3 is 0 Å². The molecule has 0 aliphatic heterocycles.